The minimum atomic E-state index is 0.0460. The first kappa shape index (κ1) is 14.2. The monoisotopic (exact) mass is 292 g/mol. The third kappa shape index (κ3) is 2.68. The van der Waals surface area contributed by atoms with Gasteiger partial charge < -0.3 is 10.6 Å². The number of nitrogens with zero attached hydrogens (tertiary/aromatic N) is 1. The van der Waals surface area contributed by atoms with E-state index < -0.39 is 0 Å². The van der Waals surface area contributed by atoms with E-state index in [-0.39, 0.29) is 6.04 Å². The van der Waals surface area contributed by atoms with Gasteiger partial charge in [0.2, 0.25) is 0 Å². The maximum absolute atomic E-state index is 6.46. The van der Waals surface area contributed by atoms with Gasteiger partial charge in [-0.25, -0.2) is 0 Å². The highest BCUT2D eigenvalue weighted by molar-refractivity contribution is 6.33. The van der Waals surface area contributed by atoms with E-state index in [0.29, 0.717) is 5.41 Å². The van der Waals surface area contributed by atoms with E-state index in [2.05, 4.69) is 17.0 Å². The number of benzene rings is 1. The molecule has 2 N–H and O–H groups in total. The molecule has 1 saturated heterocycles. The van der Waals surface area contributed by atoms with E-state index >= 15 is 0 Å². The first-order chi connectivity index (χ1) is 9.60. The van der Waals surface area contributed by atoms with Gasteiger partial charge in [-0.1, -0.05) is 30.5 Å². The Morgan fingerprint density at radius 3 is 2.35 bits per heavy atom. The zero-order valence-corrected chi connectivity index (χ0v) is 13.1. The summed E-state index contributed by atoms with van der Waals surface area (Å²) < 4.78 is 0. The first-order valence-electron chi connectivity index (χ1n) is 7.90. The highest BCUT2D eigenvalue weighted by atomic mass is 35.5. The Hall–Kier alpha value is -0.730. The first-order valence-corrected chi connectivity index (χ1v) is 8.27. The molecule has 2 aliphatic rings. The molecule has 1 unspecified atom stereocenters. The number of rotatable bonds is 2. The molecular formula is C17H25ClN2. The third-order valence-electron chi connectivity index (χ3n) is 5.33. The summed E-state index contributed by atoms with van der Waals surface area (Å²) in [6.45, 7) is 4.30. The van der Waals surface area contributed by atoms with Gasteiger partial charge in [0.05, 0.1) is 10.7 Å². The Morgan fingerprint density at radius 1 is 1.15 bits per heavy atom. The molecule has 1 aromatic rings. The lowest BCUT2D eigenvalue weighted by Crippen LogP contribution is -2.39. The molecule has 1 aromatic carbocycles. The lowest BCUT2D eigenvalue weighted by molar-refractivity contribution is 0.226. The van der Waals surface area contributed by atoms with E-state index in [4.69, 9.17) is 17.3 Å². The van der Waals surface area contributed by atoms with Crippen molar-refractivity contribution < 1.29 is 0 Å². The Morgan fingerprint density at radius 2 is 1.80 bits per heavy atom. The number of anilines is 1. The van der Waals surface area contributed by atoms with Crippen LogP contribution in [0.15, 0.2) is 18.2 Å². The van der Waals surface area contributed by atoms with Crippen LogP contribution in [0.4, 0.5) is 5.69 Å². The van der Waals surface area contributed by atoms with E-state index in [1.165, 1.54) is 44.2 Å². The van der Waals surface area contributed by atoms with Crippen LogP contribution < -0.4 is 10.6 Å². The summed E-state index contributed by atoms with van der Waals surface area (Å²) in [4.78, 5) is 2.46. The van der Waals surface area contributed by atoms with Gasteiger partial charge in [0.25, 0.3) is 0 Å². The van der Waals surface area contributed by atoms with Crippen molar-refractivity contribution in [3.05, 3.63) is 28.8 Å². The van der Waals surface area contributed by atoms with Crippen LogP contribution in [0.2, 0.25) is 5.02 Å². The van der Waals surface area contributed by atoms with Gasteiger partial charge in [0, 0.05) is 19.1 Å². The molecular weight excluding hydrogens is 268 g/mol. The topological polar surface area (TPSA) is 29.3 Å². The summed E-state index contributed by atoms with van der Waals surface area (Å²) in [6.07, 6.45) is 8.42. The predicted octanol–water partition coefficient (Wildman–Crippen LogP) is 4.52. The molecule has 0 amide bonds. The quantitative estimate of drug-likeness (QED) is 0.868. The summed E-state index contributed by atoms with van der Waals surface area (Å²) in [5, 5.41) is 0.849. The van der Waals surface area contributed by atoms with Crippen molar-refractivity contribution in [1.29, 1.82) is 0 Å². The van der Waals surface area contributed by atoms with Crippen LogP contribution in [0.25, 0.3) is 0 Å². The van der Waals surface area contributed by atoms with Gasteiger partial charge in [-0.2, -0.15) is 0 Å². The van der Waals surface area contributed by atoms with E-state index in [9.17, 15) is 0 Å². The largest absolute Gasteiger partial charge is 0.370 e. The Bertz CT molecular complexity index is 468. The normalized spacial score (nSPS) is 23.2. The van der Waals surface area contributed by atoms with E-state index in [1.807, 2.05) is 13.0 Å². The smallest absolute Gasteiger partial charge is 0.0642 e. The van der Waals surface area contributed by atoms with Crippen LogP contribution in [0, 0.1) is 5.41 Å². The van der Waals surface area contributed by atoms with Gasteiger partial charge in [-0.3, -0.25) is 0 Å². The molecule has 2 fully saturated rings. The van der Waals surface area contributed by atoms with Crippen LogP contribution >= 0.6 is 11.6 Å². The molecule has 1 spiro atoms. The fraction of sp³-hybridized carbons (Fsp3) is 0.647. The third-order valence-corrected chi connectivity index (χ3v) is 5.63. The van der Waals surface area contributed by atoms with Crippen molar-refractivity contribution in [3.8, 4) is 0 Å². The van der Waals surface area contributed by atoms with Crippen LogP contribution in [-0.4, -0.2) is 13.1 Å². The summed E-state index contributed by atoms with van der Waals surface area (Å²) in [5.41, 5.74) is 8.88. The molecule has 1 atom stereocenters. The number of hydrogen-bond acceptors (Lipinski definition) is 2. The second kappa shape index (κ2) is 5.57. The van der Waals surface area contributed by atoms with Crippen LogP contribution in [0.3, 0.4) is 0 Å². The number of halogens is 1. The van der Waals surface area contributed by atoms with Gasteiger partial charge in [0.15, 0.2) is 0 Å². The minimum absolute atomic E-state index is 0.0460. The lowest BCUT2D eigenvalue weighted by Gasteiger charge is -2.40. The maximum Gasteiger partial charge on any atom is 0.0642 e. The van der Waals surface area contributed by atoms with Gasteiger partial charge in [0.1, 0.15) is 0 Å². The molecule has 3 rings (SSSR count). The zero-order valence-electron chi connectivity index (χ0n) is 12.4. The highest BCUT2D eigenvalue weighted by Crippen LogP contribution is 2.47. The Labute approximate surface area is 127 Å². The van der Waals surface area contributed by atoms with Crippen molar-refractivity contribution in [1.82, 2.24) is 0 Å². The SMILES string of the molecule is CC(N)c1ccc(N2CCC3(CCCC3)CC2)c(Cl)c1. The van der Waals surface area contributed by atoms with Crippen LogP contribution in [0.1, 0.15) is 57.1 Å². The lowest BCUT2D eigenvalue weighted by atomic mass is 9.77. The number of nitrogens with two attached hydrogens (primary N) is 1. The van der Waals surface area contributed by atoms with Crippen LogP contribution in [-0.2, 0) is 0 Å². The molecule has 2 nitrogen and oxygen atoms in total. The summed E-state index contributed by atoms with van der Waals surface area (Å²) in [5.74, 6) is 0. The predicted molar refractivity (Wildman–Crippen MR) is 86.4 cm³/mol. The fourth-order valence-electron chi connectivity index (χ4n) is 3.91. The Kier molecular flexibility index (Phi) is 3.96. The molecule has 110 valence electrons. The Balaban J connectivity index is 1.71. The van der Waals surface area contributed by atoms with Gasteiger partial charge >= 0.3 is 0 Å². The number of hydrogen-bond donors (Lipinski definition) is 1. The summed E-state index contributed by atoms with van der Waals surface area (Å²) in [6, 6.07) is 6.34. The van der Waals surface area contributed by atoms with Crippen molar-refractivity contribution >= 4 is 17.3 Å². The molecule has 0 bridgehead atoms. The second-order valence-corrected chi connectivity index (χ2v) is 7.10. The van der Waals surface area contributed by atoms with Gasteiger partial charge in [-0.15, -0.1) is 0 Å². The average Bonchev–Trinajstić information content (AvgIpc) is 2.88. The van der Waals surface area contributed by atoms with Crippen LogP contribution in [0.5, 0.6) is 0 Å². The van der Waals surface area contributed by atoms with Crippen molar-refractivity contribution in [2.45, 2.75) is 51.5 Å². The van der Waals surface area contributed by atoms with Crippen molar-refractivity contribution in [2.24, 2.45) is 11.1 Å². The fourth-order valence-corrected chi connectivity index (χ4v) is 4.22. The molecule has 3 heteroatoms. The van der Waals surface area contributed by atoms with E-state index in [0.717, 1.165) is 23.7 Å². The van der Waals surface area contributed by atoms with Crippen molar-refractivity contribution in [2.75, 3.05) is 18.0 Å². The molecule has 1 aliphatic carbocycles. The number of piperidine rings is 1. The second-order valence-electron chi connectivity index (χ2n) is 6.69. The molecule has 0 aromatic heterocycles. The molecule has 0 radical (unpaired) electrons. The van der Waals surface area contributed by atoms with E-state index in [1.54, 1.807) is 0 Å². The average molecular weight is 293 g/mol. The summed E-state index contributed by atoms with van der Waals surface area (Å²) in [7, 11) is 0. The van der Waals surface area contributed by atoms with Gasteiger partial charge in [-0.05, 0) is 55.7 Å². The molecule has 1 aliphatic heterocycles. The zero-order chi connectivity index (χ0) is 14.2. The summed E-state index contributed by atoms with van der Waals surface area (Å²) >= 11 is 6.46. The highest BCUT2D eigenvalue weighted by Gasteiger charge is 2.37. The maximum atomic E-state index is 6.46. The molecule has 20 heavy (non-hydrogen) atoms. The molecule has 1 saturated carbocycles. The van der Waals surface area contributed by atoms with Crippen molar-refractivity contribution in [3.63, 3.8) is 0 Å². The minimum Gasteiger partial charge on any atom is -0.370 e. The molecule has 1 heterocycles. The standard InChI is InChI=1S/C17H25ClN2/c1-13(19)14-4-5-16(15(18)12-14)20-10-8-17(9-11-20)6-2-3-7-17/h4-5,12-13H,2-3,6-11,19H2,1H3.